The number of carbonyl (C=O) groups is 1. The number of methoxy groups -OCH3 is 1. The maximum absolute atomic E-state index is 11.6. The Balaban J connectivity index is 3.03. The van der Waals surface area contributed by atoms with Crippen molar-refractivity contribution in [3.8, 4) is 5.75 Å². The largest absolute Gasteiger partial charge is 0.495 e. The number of Topliss-reactive ketones (excluding diaryl/α,β-unsaturated/α-hetero) is 1. The summed E-state index contributed by atoms with van der Waals surface area (Å²) in [6.07, 6.45) is 0. The molecule has 0 aromatic carbocycles. The number of nitrogens with zero attached hydrogens (tertiary/aromatic N) is 1. The van der Waals surface area contributed by atoms with Crippen molar-refractivity contribution in [2.45, 2.75) is 20.8 Å². The van der Waals surface area contributed by atoms with Crippen molar-refractivity contribution >= 4 is 5.78 Å². The Morgan fingerprint density at radius 1 is 1.43 bits per heavy atom. The minimum Gasteiger partial charge on any atom is -0.495 e. The molecule has 1 aromatic heterocycles. The van der Waals surface area contributed by atoms with E-state index in [-0.39, 0.29) is 11.7 Å². The van der Waals surface area contributed by atoms with Crippen molar-refractivity contribution in [1.82, 2.24) is 4.98 Å². The topological polar surface area (TPSA) is 39.2 Å². The normalized spacial score (nSPS) is 10.4. The van der Waals surface area contributed by atoms with Crippen molar-refractivity contribution in [1.29, 1.82) is 0 Å². The number of rotatable bonds is 3. The second-order valence-electron chi connectivity index (χ2n) is 3.50. The average molecular weight is 193 g/mol. The highest BCUT2D eigenvalue weighted by Crippen LogP contribution is 2.16. The molecule has 1 aromatic rings. The molecule has 1 heterocycles. The van der Waals surface area contributed by atoms with Crippen LogP contribution in [0.2, 0.25) is 0 Å². The van der Waals surface area contributed by atoms with Gasteiger partial charge < -0.3 is 4.74 Å². The molecule has 3 nitrogen and oxygen atoms in total. The number of aromatic nitrogens is 1. The van der Waals surface area contributed by atoms with Gasteiger partial charge in [-0.15, -0.1) is 0 Å². The van der Waals surface area contributed by atoms with E-state index in [4.69, 9.17) is 4.74 Å². The summed E-state index contributed by atoms with van der Waals surface area (Å²) in [4.78, 5) is 15.8. The van der Waals surface area contributed by atoms with Gasteiger partial charge in [0, 0.05) is 5.92 Å². The Morgan fingerprint density at radius 3 is 2.50 bits per heavy atom. The van der Waals surface area contributed by atoms with E-state index in [9.17, 15) is 4.79 Å². The predicted molar refractivity (Wildman–Crippen MR) is 54.7 cm³/mol. The second kappa shape index (κ2) is 4.22. The third-order valence-corrected chi connectivity index (χ3v) is 2.03. The van der Waals surface area contributed by atoms with Gasteiger partial charge in [-0.1, -0.05) is 13.8 Å². The van der Waals surface area contributed by atoms with Gasteiger partial charge >= 0.3 is 0 Å². The van der Waals surface area contributed by atoms with Gasteiger partial charge in [0.2, 0.25) is 0 Å². The lowest BCUT2D eigenvalue weighted by Gasteiger charge is -2.07. The third-order valence-electron chi connectivity index (χ3n) is 2.03. The van der Waals surface area contributed by atoms with Gasteiger partial charge in [-0.3, -0.25) is 4.79 Å². The zero-order chi connectivity index (χ0) is 10.7. The third kappa shape index (κ3) is 2.10. The van der Waals surface area contributed by atoms with Gasteiger partial charge in [0.1, 0.15) is 11.4 Å². The Bertz CT molecular complexity index is 345. The summed E-state index contributed by atoms with van der Waals surface area (Å²) in [6, 6.07) is 3.48. The van der Waals surface area contributed by atoms with E-state index >= 15 is 0 Å². The van der Waals surface area contributed by atoms with Crippen LogP contribution in [0.15, 0.2) is 12.1 Å². The molecule has 0 spiro atoms. The molecule has 0 fully saturated rings. The Labute approximate surface area is 84.1 Å². The van der Waals surface area contributed by atoms with Crippen LogP contribution in [0, 0.1) is 12.8 Å². The molecule has 3 heteroatoms. The molecule has 76 valence electrons. The molecular weight excluding hydrogens is 178 g/mol. The molecule has 0 radical (unpaired) electrons. The number of ketones is 1. The summed E-state index contributed by atoms with van der Waals surface area (Å²) in [5.41, 5.74) is 1.26. The molecule has 14 heavy (non-hydrogen) atoms. The molecule has 0 atom stereocenters. The van der Waals surface area contributed by atoms with E-state index < -0.39 is 0 Å². The quantitative estimate of drug-likeness (QED) is 0.691. The Hall–Kier alpha value is -1.38. The number of ether oxygens (including phenoxy) is 1. The summed E-state index contributed by atoms with van der Waals surface area (Å²) in [5.74, 6) is 0.761. The highest BCUT2D eigenvalue weighted by Gasteiger charge is 2.12. The van der Waals surface area contributed by atoms with Crippen LogP contribution in [-0.2, 0) is 0 Å². The van der Waals surface area contributed by atoms with Crippen LogP contribution in [0.25, 0.3) is 0 Å². The fraction of sp³-hybridized carbons (Fsp3) is 0.455. The molecule has 1 rings (SSSR count). The van der Waals surface area contributed by atoms with Crippen LogP contribution < -0.4 is 4.74 Å². The van der Waals surface area contributed by atoms with E-state index in [1.54, 1.807) is 19.2 Å². The molecular formula is C11H15NO2. The summed E-state index contributed by atoms with van der Waals surface area (Å²) in [5, 5.41) is 0. The van der Waals surface area contributed by atoms with E-state index in [1.807, 2.05) is 20.8 Å². The minimum absolute atomic E-state index is 0.0182. The zero-order valence-electron chi connectivity index (χ0n) is 9.00. The molecule has 0 unspecified atom stereocenters. The molecule has 0 N–H and O–H groups in total. The van der Waals surface area contributed by atoms with Gasteiger partial charge in [0.15, 0.2) is 5.78 Å². The first kappa shape index (κ1) is 10.7. The standard InChI is InChI=1S/C11H15NO2/c1-7(2)11(13)9-5-6-10(14-4)8(3)12-9/h5-7H,1-4H3. The average Bonchev–Trinajstić information content (AvgIpc) is 2.16. The Morgan fingerprint density at radius 2 is 2.07 bits per heavy atom. The summed E-state index contributed by atoms with van der Waals surface area (Å²) in [6.45, 7) is 5.56. The zero-order valence-corrected chi connectivity index (χ0v) is 9.00. The first-order chi connectivity index (χ1) is 6.56. The van der Waals surface area contributed by atoms with E-state index in [2.05, 4.69) is 4.98 Å². The smallest absolute Gasteiger partial charge is 0.183 e. The van der Waals surface area contributed by atoms with Crippen molar-refractivity contribution in [2.75, 3.05) is 7.11 Å². The number of pyridine rings is 1. The van der Waals surface area contributed by atoms with Gasteiger partial charge in [-0.2, -0.15) is 0 Å². The van der Waals surface area contributed by atoms with E-state index in [1.165, 1.54) is 0 Å². The summed E-state index contributed by atoms with van der Waals surface area (Å²) >= 11 is 0. The molecule has 0 aliphatic carbocycles. The fourth-order valence-electron chi connectivity index (χ4n) is 1.20. The number of carbonyl (C=O) groups excluding carboxylic acids is 1. The molecule has 0 aliphatic rings. The molecule has 0 bridgehead atoms. The van der Waals surface area contributed by atoms with Crippen molar-refractivity contribution < 1.29 is 9.53 Å². The first-order valence-electron chi connectivity index (χ1n) is 4.62. The highest BCUT2D eigenvalue weighted by atomic mass is 16.5. The van der Waals surface area contributed by atoms with E-state index in [0.717, 1.165) is 5.69 Å². The number of hydrogen-bond acceptors (Lipinski definition) is 3. The van der Waals surface area contributed by atoms with Crippen LogP contribution >= 0.6 is 0 Å². The molecule has 0 saturated heterocycles. The van der Waals surface area contributed by atoms with Crippen LogP contribution in [0.5, 0.6) is 5.75 Å². The molecule has 0 saturated carbocycles. The maximum atomic E-state index is 11.6. The van der Waals surface area contributed by atoms with Crippen LogP contribution in [0.4, 0.5) is 0 Å². The van der Waals surface area contributed by atoms with Crippen LogP contribution in [0.3, 0.4) is 0 Å². The van der Waals surface area contributed by atoms with Crippen LogP contribution in [-0.4, -0.2) is 17.9 Å². The Kier molecular flexibility index (Phi) is 3.23. The van der Waals surface area contributed by atoms with Crippen molar-refractivity contribution in [2.24, 2.45) is 5.92 Å². The number of aryl methyl sites for hydroxylation is 1. The van der Waals surface area contributed by atoms with Crippen LogP contribution in [0.1, 0.15) is 30.0 Å². The summed E-state index contributed by atoms with van der Waals surface area (Å²) in [7, 11) is 1.59. The van der Waals surface area contributed by atoms with Gasteiger partial charge in [0.25, 0.3) is 0 Å². The van der Waals surface area contributed by atoms with Crippen molar-refractivity contribution in [3.63, 3.8) is 0 Å². The lowest BCUT2D eigenvalue weighted by Crippen LogP contribution is -2.10. The number of hydrogen-bond donors (Lipinski definition) is 0. The van der Waals surface area contributed by atoms with Crippen molar-refractivity contribution in [3.05, 3.63) is 23.5 Å². The molecule has 0 amide bonds. The lowest BCUT2D eigenvalue weighted by atomic mass is 10.1. The summed E-state index contributed by atoms with van der Waals surface area (Å²) < 4.78 is 5.07. The van der Waals surface area contributed by atoms with Gasteiger partial charge in [-0.25, -0.2) is 4.98 Å². The lowest BCUT2D eigenvalue weighted by molar-refractivity contribution is 0.0934. The monoisotopic (exact) mass is 193 g/mol. The first-order valence-corrected chi connectivity index (χ1v) is 4.62. The predicted octanol–water partition coefficient (Wildman–Crippen LogP) is 2.24. The SMILES string of the molecule is COc1ccc(C(=O)C(C)C)nc1C. The second-order valence-corrected chi connectivity index (χ2v) is 3.50. The minimum atomic E-state index is -0.0182. The van der Waals surface area contributed by atoms with Gasteiger partial charge in [0.05, 0.1) is 12.8 Å². The highest BCUT2D eigenvalue weighted by molar-refractivity contribution is 5.95. The molecule has 0 aliphatic heterocycles. The maximum Gasteiger partial charge on any atom is 0.183 e. The fourth-order valence-corrected chi connectivity index (χ4v) is 1.20. The van der Waals surface area contributed by atoms with Gasteiger partial charge in [-0.05, 0) is 19.1 Å². The van der Waals surface area contributed by atoms with E-state index in [0.29, 0.717) is 11.4 Å².